The number of hydrogen-bond donors (Lipinski definition) is 12. The van der Waals surface area contributed by atoms with Crippen LogP contribution in [0, 0.1) is 0 Å². The van der Waals surface area contributed by atoms with E-state index in [1.54, 1.807) is 0 Å². The molecule has 17 nitrogen and oxygen atoms in total. The Morgan fingerprint density at radius 1 is 0.811 bits per heavy atom. The van der Waals surface area contributed by atoms with Gasteiger partial charge in [0.05, 0.1) is 32.5 Å². The SMILES string of the molecule is CC(=O)N[C@@H](CO)[C@@H](O)[C@H](O[C@@H]1O[C@H](CO)[C@@H](O)[C@H](O[C@H]2O[C@H](CO)[C@@H](O)[C@H](O)[C@@H]2O)[C@@H]1O)[C@H](O)CO. The van der Waals surface area contributed by atoms with Crippen molar-refractivity contribution in [2.24, 2.45) is 0 Å². The summed E-state index contributed by atoms with van der Waals surface area (Å²) < 4.78 is 21.4. The van der Waals surface area contributed by atoms with Gasteiger partial charge in [-0.2, -0.15) is 0 Å². The minimum Gasteiger partial charge on any atom is -0.394 e. The highest BCUT2D eigenvalue weighted by atomic mass is 16.7. The predicted molar refractivity (Wildman–Crippen MR) is 115 cm³/mol. The number of carbonyl (C=O) groups is 1. The quantitative estimate of drug-likeness (QED) is 0.108. The van der Waals surface area contributed by atoms with Crippen LogP contribution in [0.3, 0.4) is 0 Å². The maximum Gasteiger partial charge on any atom is 0.217 e. The monoisotopic (exact) mass is 547 g/mol. The zero-order valence-corrected chi connectivity index (χ0v) is 19.9. The average Bonchev–Trinajstić information content (AvgIpc) is 2.88. The van der Waals surface area contributed by atoms with Gasteiger partial charge in [-0.1, -0.05) is 0 Å². The zero-order chi connectivity index (χ0) is 28.0. The molecule has 14 atom stereocenters. The van der Waals surface area contributed by atoms with Gasteiger partial charge in [-0.3, -0.25) is 4.79 Å². The topological polar surface area (TPSA) is 289 Å². The summed E-state index contributed by atoms with van der Waals surface area (Å²) in [5.41, 5.74) is 0. The molecule has 2 saturated heterocycles. The predicted octanol–water partition coefficient (Wildman–Crippen LogP) is -7.79. The number of aliphatic hydroxyl groups is 11. The minimum atomic E-state index is -1.99. The largest absolute Gasteiger partial charge is 0.394 e. The van der Waals surface area contributed by atoms with Gasteiger partial charge >= 0.3 is 0 Å². The van der Waals surface area contributed by atoms with Gasteiger partial charge in [0, 0.05) is 6.92 Å². The molecule has 0 aromatic heterocycles. The van der Waals surface area contributed by atoms with E-state index in [4.69, 9.17) is 18.9 Å². The molecule has 218 valence electrons. The van der Waals surface area contributed by atoms with Crippen molar-refractivity contribution in [1.29, 1.82) is 0 Å². The molecule has 12 N–H and O–H groups in total. The summed E-state index contributed by atoms with van der Waals surface area (Å²) in [5.74, 6) is -0.652. The van der Waals surface area contributed by atoms with Gasteiger partial charge in [-0.25, -0.2) is 0 Å². The minimum absolute atomic E-state index is 0.652. The summed E-state index contributed by atoms with van der Waals surface area (Å²) in [6.07, 6.45) is -23.1. The second-order valence-electron chi connectivity index (χ2n) is 8.84. The molecule has 37 heavy (non-hydrogen) atoms. The van der Waals surface area contributed by atoms with Crippen molar-refractivity contribution in [3.63, 3.8) is 0 Å². The van der Waals surface area contributed by atoms with Crippen molar-refractivity contribution in [2.75, 3.05) is 26.4 Å². The third-order valence-electron chi connectivity index (χ3n) is 6.15. The van der Waals surface area contributed by atoms with Gasteiger partial charge in [-0.15, -0.1) is 0 Å². The number of nitrogens with one attached hydrogen (secondary N) is 1. The molecule has 2 aliphatic heterocycles. The lowest BCUT2D eigenvalue weighted by Gasteiger charge is -2.46. The first kappa shape index (κ1) is 32.1. The molecule has 0 aromatic carbocycles. The van der Waals surface area contributed by atoms with Crippen LogP contribution >= 0.6 is 0 Å². The van der Waals surface area contributed by atoms with Gasteiger partial charge in [0.25, 0.3) is 0 Å². The number of rotatable bonds is 12. The molecule has 2 rings (SSSR count). The lowest BCUT2D eigenvalue weighted by molar-refractivity contribution is -0.368. The van der Waals surface area contributed by atoms with Gasteiger partial charge in [0.1, 0.15) is 67.1 Å². The molecular weight excluding hydrogens is 510 g/mol. The maximum absolute atomic E-state index is 11.4. The Kier molecular flexibility index (Phi) is 12.4. The van der Waals surface area contributed by atoms with E-state index in [1.165, 1.54) is 0 Å². The Morgan fingerprint density at radius 3 is 1.89 bits per heavy atom. The number of hydrogen-bond acceptors (Lipinski definition) is 16. The molecule has 17 heteroatoms. The van der Waals surface area contributed by atoms with E-state index in [1.807, 2.05) is 0 Å². The average molecular weight is 548 g/mol. The standard InChI is InChI=1S/C20H37NO16/c1-6(26)21-7(2-22)11(28)17(8(27)3-23)36-20-16(33)18(13(30)10(5-25)35-20)37-19-15(32)14(31)12(29)9(4-24)34-19/h7-20,22-25,27-33H,2-5H2,1H3,(H,21,26)/t7-,8+,9+,10+,11+,12+,13+,14-,15-,16-,17+,18-,19+,20-/m0/s1. The van der Waals surface area contributed by atoms with Crippen LogP contribution in [0.4, 0.5) is 0 Å². The first-order valence-electron chi connectivity index (χ1n) is 11.5. The van der Waals surface area contributed by atoms with Crippen LogP contribution in [0.2, 0.25) is 0 Å². The molecule has 0 aliphatic carbocycles. The smallest absolute Gasteiger partial charge is 0.217 e. The lowest BCUT2D eigenvalue weighted by Crippen LogP contribution is -2.66. The summed E-state index contributed by atoms with van der Waals surface area (Å²) in [5, 5.41) is 112. The molecule has 0 aromatic rings. The van der Waals surface area contributed by atoms with Gasteiger partial charge < -0.3 is 80.4 Å². The third kappa shape index (κ3) is 7.50. The number of carbonyl (C=O) groups excluding carboxylic acids is 1. The van der Waals surface area contributed by atoms with Gasteiger partial charge in [-0.05, 0) is 0 Å². The van der Waals surface area contributed by atoms with E-state index in [-0.39, 0.29) is 0 Å². The molecular formula is C20H37NO16. The van der Waals surface area contributed by atoms with Crippen LogP contribution in [-0.2, 0) is 23.7 Å². The Hall–Kier alpha value is -1.13. The first-order valence-corrected chi connectivity index (χ1v) is 11.5. The Morgan fingerprint density at radius 2 is 1.38 bits per heavy atom. The van der Waals surface area contributed by atoms with E-state index in [0.717, 1.165) is 6.92 Å². The van der Waals surface area contributed by atoms with Crippen molar-refractivity contribution >= 4 is 5.91 Å². The van der Waals surface area contributed by atoms with Gasteiger partial charge in [0.15, 0.2) is 12.6 Å². The molecule has 0 unspecified atom stereocenters. The van der Waals surface area contributed by atoms with Crippen molar-refractivity contribution in [1.82, 2.24) is 5.32 Å². The summed E-state index contributed by atoms with van der Waals surface area (Å²) in [6.45, 7) is -2.33. The van der Waals surface area contributed by atoms with E-state index >= 15 is 0 Å². The molecule has 0 saturated carbocycles. The van der Waals surface area contributed by atoms with Crippen molar-refractivity contribution < 1.29 is 79.9 Å². The normalized spacial score (nSPS) is 40.0. The Balaban J connectivity index is 2.27. The Bertz CT molecular complexity index is 701. The zero-order valence-electron chi connectivity index (χ0n) is 19.9. The van der Waals surface area contributed by atoms with Crippen LogP contribution in [-0.4, -0.2) is 174 Å². The maximum atomic E-state index is 11.4. The summed E-state index contributed by atoms with van der Waals surface area (Å²) in [7, 11) is 0. The highest BCUT2D eigenvalue weighted by molar-refractivity contribution is 5.73. The number of aliphatic hydroxyl groups excluding tert-OH is 11. The second kappa shape index (κ2) is 14.3. The number of amides is 1. The molecule has 0 bridgehead atoms. The van der Waals surface area contributed by atoms with Crippen molar-refractivity contribution in [3.8, 4) is 0 Å². The van der Waals surface area contributed by atoms with Crippen LogP contribution in [0.15, 0.2) is 0 Å². The summed E-state index contributed by atoms with van der Waals surface area (Å²) in [6, 6.07) is -1.38. The van der Waals surface area contributed by atoms with Crippen molar-refractivity contribution in [2.45, 2.75) is 92.7 Å². The number of ether oxygens (including phenoxy) is 4. The van der Waals surface area contributed by atoms with Gasteiger partial charge in [0.2, 0.25) is 5.91 Å². The summed E-state index contributed by atoms with van der Waals surface area (Å²) in [4.78, 5) is 11.4. The van der Waals surface area contributed by atoms with Crippen molar-refractivity contribution in [3.05, 3.63) is 0 Å². The highest BCUT2D eigenvalue weighted by Gasteiger charge is 2.52. The van der Waals surface area contributed by atoms with Crippen LogP contribution in [0.25, 0.3) is 0 Å². The molecule has 0 spiro atoms. The Labute approximate surface area is 211 Å². The fraction of sp³-hybridized carbons (Fsp3) is 0.950. The van der Waals surface area contributed by atoms with Crippen LogP contribution < -0.4 is 5.32 Å². The van der Waals surface area contributed by atoms with Crippen LogP contribution in [0.1, 0.15) is 6.92 Å². The fourth-order valence-corrected chi connectivity index (χ4v) is 4.05. The third-order valence-corrected chi connectivity index (χ3v) is 6.15. The lowest BCUT2D eigenvalue weighted by atomic mass is 9.96. The highest BCUT2D eigenvalue weighted by Crippen LogP contribution is 2.30. The fourth-order valence-electron chi connectivity index (χ4n) is 4.05. The first-order chi connectivity index (χ1) is 17.4. The van der Waals surface area contributed by atoms with E-state index in [9.17, 15) is 61.0 Å². The van der Waals surface area contributed by atoms with E-state index in [2.05, 4.69) is 5.32 Å². The van der Waals surface area contributed by atoms with E-state index in [0.29, 0.717) is 0 Å². The molecule has 2 heterocycles. The molecule has 2 fully saturated rings. The van der Waals surface area contributed by atoms with Crippen LogP contribution in [0.5, 0.6) is 0 Å². The molecule has 2 aliphatic rings. The summed E-state index contributed by atoms with van der Waals surface area (Å²) >= 11 is 0. The molecule has 0 radical (unpaired) electrons. The second-order valence-corrected chi connectivity index (χ2v) is 8.84. The van der Waals surface area contributed by atoms with E-state index < -0.39 is 118 Å². The molecule has 1 amide bonds.